The fourth-order valence-corrected chi connectivity index (χ4v) is 3.57. The third-order valence-corrected chi connectivity index (χ3v) is 5.08. The minimum atomic E-state index is -3.66. The molecule has 2 aromatic carbocycles. The van der Waals surface area contributed by atoms with E-state index < -0.39 is 21.4 Å². The summed E-state index contributed by atoms with van der Waals surface area (Å²) >= 11 is 0. The third kappa shape index (κ3) is 4.27. The van der Waals surface area contributed by atoms with Crippen LogP contribution in [0.15, 0.2) is 47.4 Å². The number of hydrogen-bond acceptors (Lipinski definition) is 3. The van der Waals surface area contributed by atoms with Gasteiger partial charge in [-0.1, -0.05) is 12.1 Å². The Morgan fingerprint density at radius 2 is 1.54 bits per heavy atom. The number of sulfonamides is 1. The van der Waals surface area contributed by atoms with Crippen molar-refractivity contribution in [3.63, 3.8) is 0 Å². The van der Waals surface area contributed by atoms with Crippen molar-refractivity contribution in [2.75, 3.05) is 0 Å². The van der Waals surface area contributed by atoms with Crippen LogP contribution in [0.25, 0.3) is 0 Å². The Hall–Kier alpha value is -2.05. The summed E-state index contributed by atoms with van der Waals surface area (Å²) in [7, 11) is -3.66. The monoisotopic (exact) mass is 349 g/mol. The molecule has 0 aliphatic rings. The molecule has 0 atom stereocenters. The van der Waals surface area contributed by atoms with Crippen LogP contribution in [0.3, 0.4) is 0 Å². The van der Waals surface area contributed by atoms with Crippen LogP contribution in [0, 0.1) is 12.7 Å². The predicted octanol–water partition coefficient (Wildman–Crippen LogP) is 3.44. The SMILES string of the molecule is Cc1ccc(C(=O)c2ccc(S(=O)(=O)NC(C)(C)C)cc2)cc1F. The summed E-state index contributed by atoms with van der Waals surface area (Å²) in [5.74, 6) is -0.809. The summed E-state index contributed by atoms with van der Waals surface area (Å²) in [4.78, 5) is 12.4. The van der Waals surface area contributed by atoms with Crippen molar-refractivity contribution in [3.8, 4) is 0 Å². The maximum atomic E-state index is 13.6. The van der Waals surface area contributed by atoms with Crippen LogP contribution in [0.4, 0.5) is 4.39 Å². The van der Waals surface area contributed by atoms with Gasteiger partial charge in [-0.25, -0.2) is 17.5 Å². The lowest BCUT2D eigenvalue weighted by Crippen LogP contribution is -2.40. The van der Waals surface area contributed by atoms with E-state index in [4.69, 9.17) is 0 Å². The molecule has 0 fully saturated rings. The van der Waals surface area contributed by atoms with Crippen molar-refractivity contribution in [1.82, 2.24) is 4.72 Å². The number of ketones is 1. The highest BCUT2D eigenvalue weighted by atomic mass is 32.2. The quantitative estimate of drug-likeness (QED) is 0.860. The van der Waals surface area contributed by atoms with E-state index in [0.29, 0.717) is 11.1 Å². The van der Waals surface area contributed by atoms with E-state index in [1.165, 1.54) is 36.4 Å². The molecule has 0 saturated carbocycles. The second-order valence-electron chi connectivity index (χ2n) is 6.67. The normalized spacial score (nSPS) is 12.2. The molecule has 0 spiro atoms. The lowest BCUT2D eigenvalue weighted by Gasteiger charge is -2.20. The first-order valence-electron chi connectivity index (χ1n) is 7.44. The molecule has 4 nitrogen and oxygen atoms in total. The van der Waals surface area contributed by atoms with Gasteiger partial charge in [-0.3, -0.25) is 4.79 Å². The summed E-state index contributed by atoms with van der Waals surface area (Å²) in [6.45, 7) is 6.85. The van der Waals surface area contributed by atoms with E-state index in [-0.39, 0.29) is 16.2 Å². The molecule has 0 radical (unpaired) electrons. The number of carbonyl (C=O) groups is 1. The molecule has 0 aromatic heterocycles. The minimum Gasteiger partial charge on any atom is -0.289 e. The van der Waals surface area contributed by atoms with Crippen molar-refractivity contribution in [2.45, 2.75) is 38.1 Å². The van der Waals surface area contributed by atoms with E-state index in [2.05, 4.69) is 4.72 Å². The number of aryl methyl sites for hydroxylation is 1. The van der Waals surface area contributed by atoms with Gasteiger partial charge >= 0.3 is 0 Å². The second kappa shape index (κ2) is 6.45. The van der Waals surface area contributed by atoms with Crippen LogP contribution in [-0.2, 0) is 10.0 Å². The standard InChI is InChI=1S/C18H20FNO3S/c1-12-5-6-14(11-16(12)19)17(21)13-7-9-15(10-8-13)24(22,23)20-18(2,3)4/h5-11,20H,1-4H3. The first kappa shape index (κ1) is 18.3. The topological polar surface area (TPSA) is 63.2 Å². The Labute approximate surface area is 141 Å². The summed E-state index contributed by atoms with van der Waals surface area (Å²) in [5.41, 5.74) is 0.378. The van der Waals surface area contributed by atoms with Gasteiger partial charge in [0.25, 0.3) is 0 Å². The maximum absolute atomic E-state index is 13.6. The van der Waals surface area contributed by atoms with Crippen LogP contribution in [-0.4, -0.2) is 19.7 Å². The van der Waals surface area contributed by atoms with Crippen LogP contribution in [0.1, 0.15) is 42.3 Å². The van der Waals surface area contributed by atoms with Crippen molar-refractivity contribution < 1.29 is 17.6 Å². The molecule has 0 aliphatic heterocycles. The molecule has 0 unspecified atom stereocenters. The van der Waals surface area contributed by atoms with Crippen molar-refractivity contribution in [2.24, 2.45) is 0 Å². The number of halogens is 1. The third-order valence-electron chi connectivity index (χ3n) is 3.30. The molecule has 0 heterocycles. The number of rotatable bonds is 4. The highest BCUT2D eigenvalue weighted by Gasteiger charge is 2.22. The second-order valence-corrected chi connectivity index (χ2v) is 8.36. The van der Waals surface area contributed by atoms with Crippen molar-refractivity contribution >= 4 is 15.8 Å². The average Bonchev–Trinajstić information content (AvgIpc) is 2.47. The molecule has 0 amide bonds. The van der Waals surface area contributed by atoms with Crippen LogP contribution in [0.5, 0.6) is 0 Å². The Morgan fingerprint density at radius 1 is 1.00 bits per heavy atom. The number of nitrogens with one attached hydrogen (secondary N) is 1. The van der Waals surface area contributed by atoms with Crippen molar-refractivity contribution in [1.29, 1.82) is 0 Å². The summed E-state index contributed by atoms with van der Waals surface area (Å²) in [6.07, 6.45) is 0. The Kier molecular flexibility index (Phi) is 4.92. The van der Waals surface area contributed by atoms with Gasteiger partial charge in [0.2, 0.25) is 10.0 Å². The molecular weight excluding hydrogens is 329 g/mol. The lowest BCUT2D eigenvalue weighted by atomic mass is 10.0. The van der Waals surface area contributed by atoms with E-state index in [1.807, 2.05) is 0 Å². The largest absolute Gasteiger partial charge is 0.289 e. The molecule has 24 heavy (non-hydrogen) atoms. The lowest BCUT2D eigenvalue weighted by molar-refractivity contribution is 0.103. The van der Waals surface area contributed by atoms with Gasteiger partial charge in [-0.05, 0) is 63.6 Å². The zero-order valence-corrected chi connectivity index (χ0v) is 14.9. The van der Waals surface area contributed by atoms with Gasteiger partial charge < -0.3 is 0 Å². The smallest absolute Gasteiger partial charge is 0.241 e. The van der Waals surface area contributed by atoms with Crippen LogP contribution in [0.2, 0.25) is 0 Å². The average molecular weight is 349 g/mol. The van der Waals surface area contributed by atoms with Crippen LogP contribution < -0.4 is 4.72 Å². The first-order chi connectivity index (χ1) is 11.0. The van der Waals surface area contributed by atoms with E-state index >= 15 is 0 Å². The number of hydrogen-bond donors (Lipinski definition) is 1. The molecule has 0 bridgehead atoms. The summed E-state index contributed by atoms with van der Waals surface area (Å²) < 4.78 is 40.6. The Morgan fingerprint density at radius 3 is 2.04 bits per heavy atom. The van der Waals surface area contributed by atoms with Crippen molar-refractivity contribution in [3.05, 3.63) is 65.0 Å². The Balaban J connectivity index is 2.29. The molecule has 2 rings (SSSR count). The summed E-state index contributed by atoms with van der Waals surface area (Å²) in [6, 6.07) is 9.86. The highest BCUT2D eigenvalue weighted by Crippen LogP contribution is 2.17. The molecule has 0 aliphatic carbocycles. The van der Waals surface area contributed by atoms with Crippen LogP contribution >= 0.6 is 0 Å². The van der Waals surface area contributed by atoms with E-state index in [0.717, 1.165) is 0 Å². The molecular formula is C18H20FNO3S. The Bertz CT molecular complexity index is 866. The molecule has 2 aromatic rings. The van der Waals surface area contributed by atoms with Gasteiger partial charge in [0.15, 0.2) is 5.78 Å². The van der Waals surface area contributed by atoms with E-state index in [1.54, 1.807) is 33.8 Å². The highest BCUT2D eigenvalue weighted by molar-refractivity contribution is 7.89. The van der Waals surface area contributed by atoms with Gasteiger partial charge in [-0.2, -0.15) is 0 Å². The summed E-state index contributed by atoms with van der Waals surface area (Å²) in [5, 5.41) is 0. The predicted molar refractivity (Wildman–Crippen MR) is 91.1 cm³/mol. The number of carbonyl (C=O) groups excluding carboxylic acids is 1. The fourth-order valence-electron chi connectivity index (χ4n) is 2.15. The fraction of sp³-hybridized carbons (Fsp3) is 0.278. The maximum Gasteiger partial charge on any atom is 0.241 e. The zero-order valence-electron chi connectivity index (χ0n) is 14.1. The minimum absolute atomic E-state index is 0.0732. The number of benzene rings is 2. The first-order valence-corrected chi connectivity index (χ1v) is 8.93. The van der Waals surface area contributed by atoms with Gasteiger partial charge in [-0.15, -0.1) is 0 Å². The zero-order chi connectivity index (χ0) is 18.1. The molecule has 0 saturated heterocycles. The molecule has 1 N–H and O–H groups in total. The van der Waals surface area contributed by atoms with Gasteiger partial charge in [0, 0.05) is 16.7 Å². The van der Waals surface area contributed by atoms with Gasteiger partial charge in [0.1, 0.15) is 5.82 Å². The van der Waals surface area contributed by atoms with Gasteiger partial charge in [0.05, 0.1) is 4.90 Å². The molecule has 128 valence electrons. The molecule has 6 heteroatoms. The van der Waals surface area contributed by atoms with E-state index in [9.17, 15) is 17.6 Å².